The molecule has 2 aliphatic rings. The van der Waals surface area contributed by atoms with Crippen molar-refractivity contribution in [1.29, 1.82) is 0 Å². The van der Waals surface area contributed by atoms with Crippen molar-refractivity contribution in [3.63, 3.8) is 0 Å². The Labute approximate surface area is 153 Å². The minimum Gasteiger partial charge on any atom is -0.323 e. The van der Waals surface area contributed by atoms with Crippen LogP contribution in [-0.4, -0.2) is 22.4 Å². The van der Waals surface area contributed by atoms with Gasteiger partial charge in [0.15, 0.2) is 0 Å². The number of amides is 3. The number of hydrogen-bond donors (Lipinski definition) is 1. The number of nitrogens with zero attached hydrogens (tertiary/aromatic N) is 1. The van der Waals surface area contributed by atoms with E-state index in [1.807, 2.05) is 18.2 Å². The van der Waals surface area contributed by atoms with Gasteiger partial charge < -0.3 is 5.32 Å². The molecule has 1 atom stereocenters. The zero-order valence-corrected chi connectivity index (χ0v) is 15.0. The molecule has 1 saturated heterocycles. The summed E-state index contributed by atoms with van der Waals surface area (Å²) in [7, 11) is 0. The fourth-order valence-corrected chi connectivity index (χ4v) is 4.14. The predicted molar refractivity (Wildman–Crippen MR) is 94.4 cm³/mol. The minimum atomic E-state index is -0.863. The third-order valence-electron chi connectivity index (χ3n) is 5.02. The van der Waals surface area contributed by atoms with Crippen molar-refractivity contribution in [3.8, 4) is 0 Å². The molecule has 4 nitrogen and oxygen atoms in total. The zero-order valence-electron chi connectivity index (χ0n) is 13.4. The van der Waals surface area contributed by atoms with Crippen molar-refractivity contribution in [3.05, 3.63) is 69.4 Å². The van der Waals surface area contributed by atoms with E-state index in [1.54, 1.807) is 6.07 Å². The third-order valence-corrected chi connectivity index (χ3v) is 5.76. The Morgan fingerprint density at radius 2 is 1.92 bits per heavy atom. The number of rotatable bonds is 2. The third kappa shape index (κ3) is 2.74. The van der Waals surface area contributed by atoms with Gasteiger partial charge in [0.1, 0.15) is 11.4 Å². The normalized spacial score (nSPS) is 22.2. The van der Waals surface area contributed by atoms with E-state index in [2.05, 4.69) is 27.3 Å². The van der Waals surface area contributed by atoms with Crippen LogP contribution in [0.25, 0.3) is 0 Å². The van der Waals surface area contributed by atoms with Gasteiger partial charge in [0.25, 0.3) is 5.91 Å². The van der Waals surface area contributed by atoms with E-state index in [9.17, 15) is 14.0 Å². The lowest BCUT2D eigenvalue weighted by Gasteiger charge is -2.32. The minimum absolute atomic E-state index is 0.120. The first-order valence-electron chi connectivity index (χ1n) is 8.13. The first-order chi connectivity index (χ1) is 12.0. The highest BCUT2D eigenvalue weighted by atomic mass is 79.9. The Balaban J connectivity index is 1.61. The second-order valence-corrected chi connectivity index (χ2v) is 7.44. The first-order valence-corrected chi connectivity index (χ1v) is 8.93. The number of urea groups is 1. The van der Waals surface area contributed by atoms with Crippen molar-refractivity contribution in [2.24, 2.45) is 0 Å². The molecule has 1 heterocycles. The second kappa shape index (κ2) is 5.95. The fraction of sp³-hybridized carbons (Fsp3) is 0.263. The van der Waals surface area contributed by atoms with Gasteiger partial charge in [-0.25, -0.2) is 9.18 Å². The summed E-state index contributed by atoms with van der Waals surface area (Å²) in [5.74, 6) is -0.573. The number of carbonyl (C=O) groups excluding carboxylic acids is 2. The first kappa shape index (κ1) is 16.3. The van der Waals surface area contributed by atoms with Crippen LogP contribution < -0.4 is 5.32 Å². The molecule has 1 unspecified atom stereocenters. The molecular formula is C19H16BrFN2O2. The topological polar surface area (TPSA) is 49.4 Å². The van der Waals surface area contributed by atoms with Gasteiger partial charge in [-0.05, 0) is 41.7 Å². The molecule has 0 saturated carbocycles. The zero-order chi connectivity index (χ0) is 17.6. The maximum atomic E-state index is 13.3. The van der Waals surface area contributed by atoms with Gasteiger partial charge in [0.2, 0.25) is 0 Å². The summed E-state index contributed by atoms with van der Waals surface area (Å²) >= 11 is 3.29. The lowest BCUT2D eigenvalue weighted by molar-refractivity contribution is -0.132. The Bertz CT molecular complexity index is 885. The lowest BCUT2D eigenvalue weighted by Crippen LogP contribution is -2.51. The van der Waals surface area contributed by atoms with E-state index in [-0.39, 0.29) is 24.3 Å². The highest BCUT2D eigenvalue weighted by molar-refractivity contribution is 9.10. The average molecular weight is 403 g/mol. The van der Waals surface area contributed by atoms with Crippen LogP contribution in [0.5, 0.6) is 0 Å². The summed E-state index contributed by atoms with van der Waals surface area (Å²) in [5, 5.41) is 2.91. The molecule has 1 spiro atoms. The molecule has 128 valence electrons. The van der Waals surface area contributed by atoms with Crippen LogP contribution in [0.3, 0.4) is 0 Å². The lowest BCUT2D eigenvalue weighted by atomic mass is 9.78. The van der Waals surface area contributed by atoms with Crippen LogP contribution in [0.4, 0.5) is 9.18 Å². The van der Waals surface area contributed by atoms with Crippen LogP contribution in [0.15, 0.2) is 46.9 Å². The number of halogens is 2. The fourth-order valence-electron chi connectivity index (χ4n) is 3.66. The van der Waals surface area contributed by atoms with Crippen LogP contribution in [0.1, 0.15) is 23.1 Å². The van der Waals surface area contributed by atoms with Crippen molar-refractivity contribution >= 4 is 27.9 Å². The van der Waals surface area contributed by atoms with E-state index >= 15 is 0 Å². The molecule has 1 fully saturated rings. The van der Waals surface area contributed by atoms with Gasteiger partial charge in [-0.15, -0.1) is 0 Å². The molecule has 6 heteroatoms. The molecule has 3 amide bonds. The Hall–Kier alpha value is -2.21. The molecule has 1 aliphatic heterocycles. The maximum Gasteiger partial charge on any atom is 0.325 e. The number of benzene rings is 2. The van der Waals surface area contributed by atoms with E-state index in [4.69, 9.17) is 0 Å². The van der Waals surface area contributed by atoms with Crippen molar-refractivity contribution in [2.75, 3.05) is 0 Å². The number of carbonyl (C=O) groups is 2. The van der Waals surface area contributed by atoms with Gasteiger partial charge >= 0.3 is 6.03 Å². The molecule has 0 radical (unpaired) electrons. The number of imide groups is 1. The number of hydrogen-bond acceptors (Lipinski definition) is 2. The van der Waals surface area contributed by atoms with Gasteiger partial charge in [-0.3, -0.25) is 9.69 Å². The molecular weight excluding hydrogens is 387 g/mol. The number of aryl methyl sites for hydroxylation is 1. The molecule has 0 aromatic heterocycles. The second-order valence-electron chi connectivity index (χ2n) is 6.58. The molecule has 1 N–H and O–H groups in total. The molecule has 2 aromatic rings. The van der Waals surface area contributed by atoms with Gasteiger partial charge in [-0.2, -0.15) is 0 Å². The summed E-state index contributed by atoms with van der Waals surface area (Å²) in [4.78, 5) is 26.7. The quantitative estimate of drug-likeness (QED) is 0.780. The standard InChI is InChI=1S/C19H16BrFN2O2/c20-16-9-15(21)6-5-14(16)11-23-17(24)19(22-18(23)25)8-7-12-3-1-2-4-13(12)10-19/h1-6,9H,7-8,10-11H2,(H,22,25). The van der Waals surface area contributed by atoms with Gasteiger partial charge in [-0.1, -0.05) is 46.3 Å². The predicted octanol–water partition coefficient (Wildman–Crippen LogP) is 3.57. The van der Waals surface area contributed by atoms with Crippen LogP contribution in [0.2, 0.25) is 0 Å². The van der Waals surface area contributed by atoms with Crippen molar-refractivity contribution in [2.45, 2.75) is 31.3 Å². The number of fused-ring (bicyclic) bond motifs is 1. The van der Waals surface area contributed by atoms with Gasteiger partial charge in [0.05, 0.1) is 6.54 Å². The summed E-state index contributed by atoms with van der Waals surface area (Å²) in [6.45, 7) is 0.120. The molecule has 4 rings (SSSR count). The van der Waals surface area contributed by atoms with E-state index < -0.39 is 5.54 Å². The maximum absolute atomic E-state index is 13.3. The highest BCUT2D eigenvalue weighted by Crippen LogP contribution is 2.34. The summed E-state index contributed by atoms with van der Waals surface area (Å²) in [6, 6.07) is 11.9. The smallest absolute Gasteiger partial charge is 0.323 e. The molecule has 25 heavy (non-hydrogen) atoms. The van der Waals surface area contributed by atoms with E-state index in [0.29, 0.717) is 22.9 Å². The van der Waals surface area contributed by atoms with Crippen LogP contribution in [0, 0.1) is 5.82 Å². The van der Waals surface area contributed by atoms with E-state index in [1.165, 1.54) is 22.6 Å². The highest BCUT2D eigenvalue weighted by Gasteiger charge is 2.52. The van der Waals surface area contributed by atoms with E-state index in [0.717, 1.165) is 12.0 Å². The Morgan fingerprint density at radius 1 is 1.16 bits per heavy atom. The monoisotopic (exact) mass is 402 g/mol. The van der Waals surface area contributed by atoms with Crippen molar-refractivity contribution < 1.29 is 14.0 Å². The Morgan fingerprint density at radius 3 is 2.68 bits per heavy atom. The van der Waals surface area contributed by atoms with Gasteiger partial charge in [0, 0.05) is 10.9 Å². The SMILES string of the molecule is O=C1NC2(CCc3ccccc3C2)C(=O)N1Cc1ccc(F)cc1Br. The van der Waals surface area contributed by atoms with Crippen LogP contribution >= 0.6 is 15.9 Å². The summed E-state index contributed by atoms with van der Waals surface area (Å²) < 4.78 is 13.8. The summed E-state index contributed by atoms with van der Waals surface area (Å²) in [5.41, 5.74) is 2.16. The number of nitrogens with one attached hydrogen (secondary N) is 1. The molecule has 1 aliphatic carbocycles. The van der Waals surface area contributed by atoms with Crippen molar-refractivity contribution in [1.82, 2.24) is 10.2 Å². The average Bonchev–Trinajstić information content (AvgIpc) is 2.81. The summed E-state index contributed by atoms with van der Waals surface area (Å²) in [6.07, 6.45) is 1.86. The largest absolute Gasteiger partial charge is 0.325 e. The molecule has 0 bridgehead atoms. The molecule has 2 aromatic carbocycles. The van der Waals surface area contributed by atoms with Crippen LogP contribution in [-0.2, 0) is 24.2 Å². The Kier molecular flexibility index (Phi) is 3.87.